The molecule has 37 heavy (non-hydrogen) atoms. The summed E-state index contributed by atoms with van der Waals surface area (Å²) in [6.07, 6.45) is 3.31. The maximum absolute atomic E-state index is 13.3. The van der Waals surface area contributed by atoms with Crippen LogP contribution in [0.25, 0.3) is 10.9 Å². The third kappa shape index (κ3) is 6.54. The number of aliphatic hydroxyl groups is 3. The zero-order valence-electron chi connectivity index (χ0n) is 21.0. The monoisotopic (exact) mass is 516 g/mol. The fourth-order valence-electron chi connectivity index (χ4n) is 5.11. The van der Waals surface area contributed by atoms with E-state index in [1.807, 2.05) is 12.1 Å². The van der Waals surface area contributed by atoms with Crippen molar-refractivity contribution in [1.82, 2.24) is 9.88 Å². The summed E-state index contributed by atoms with van der Waals surface area (Å²) in [5, 5.41) is 32.1. The third-order valence-corrected chi connectivity index (χ3v) is 7.42. The van der Waals surface area contributed by atoms with E-state index in [2.05, 4.69) is 9.88 Å². The van der Waals surface area contributed by atoms with E-state index in [1.165, 1.54) is 0 Å². The van der Waals surface area contributed by atoms with Crippen molar-refractivity contribution in [2.24, 2.45) is 5.41 Å². The molecule has 2 aromatic carbocycles. The van der Waals surface area contributed by atoms with Crippen LogP contribution in [0, 0.1) is 17.0 Å². The second kappa shape index (κ2) is 12.1. The van der Waals surface area contributed by atoms with Crippen molar-refractivity contribution in [3.8, 4) is 11.5 Å². The normalized spacial score (nSPS) is 16.6. The molecule has 7 nitrogen and oxygen atoms in total. The summed E-state index contributed by atoms with van der Waals surface area (Å²) < 4.78 is 37.5. The first-order chi connectivity index (χ1) is 17.9. The van der Waals surface area contributed by atoms with Gasteiger partial charge in [0, 0.05) is 48.5 Å². The van der Waals surface area contributed by atoms with Gasteiger partial charge in [-0.05, 0) is 68.0 Å². The van der Waals surface area contributed by atoms with E-state index in [1.54, 1.807) is 19.4 Å². The Kier molecular flexibility index (Phi) is 8.91. The summed E-state index contributed by atoms with van der Waals surface area (Å²) >= 11 is 0. The van der Waals surface area contributed by atoms with Crippen molar-refractivity contribution in [1.29, 1.82) is 0 Å². The maximum Gasteiger partial charge on any atom is 0.129 e. The SMILES string of the molecule is COc1ccc2ncc(CO)c(C(O)CCC3(CO)CCN(CCOc4cc(F)cc(F)c4)CC3)c2c1. The zero-order chi connectivity index (χ0) is 26.4. The van der Waals surface area contributed by atoms with Crippen LogP contribution in [0.4, 0.5) is 8.78 Å². The predicted octanol–water partition coefficient (Wildman–Crippen LogP) is 3.98. The lowest BCUT2D eigenvalue weighted by atomic mass is 9.74. The summed E-state index contributed by atoms with van der Waals surface area (Å²) in [6, 6.07) is 8.57. The van der Waals surface area contributed by atoms with Gasteiger partial charge in [-0.2, -0.15) is 0 Å². The van der Waals surface area contributed by atoms with E-state index in [4.69, 9.17) is 9.47 Å². The Hall–Kier alpha value is -2.85. The Morgan fingerprint density at radius 1 is 1.05 bits per heavy atom. The van der Waals surface area contributed by atoms with Crippen LogP contribution in [-0.2, 0) is 6.61 Å². The van der Waals surface area contributed by atoms with Crippen LogP contribution in [0.2, 0.25) is 0 Å². The first kappa shape index (κ1) is 27.2. The number of rotatable bonds is 11. The minimum Gasteiger partial charge on any atom is -0.497 e. The Labute approximate surface area is 215 Å². The van der Waals surface area contributed by atoms with Crippen LogP contribution in [0.5, 0.6) is 11.5 Å². The van der Waals surface area contributed by atoms with Gasteiger partial charge in [0.25, 0.3) is 0 Å². The van der Waals surface area contributed by atoms with Crippen molar-refractivity contribution in [2.75, 3.05) is 40.0 Å². The topological polar surface area (TPSA) is 95.3 Å². The molecule has 1 aromatic heterocycles. The van der Waals surface area contributed by atoms with Crippen molar-refractivity contribution < 1.29 is 33.6 Å². The molecule has 0 bridgehead atoms. The number of benzene rings is 2. The molecule has 1 saturated heterocycles. The summed E-state index contributed by atoms with van der Waals surface area (Å²) in [5.74, 6) is -0.541. The molecule has 1 fully saturated rings. The van der Waals surface area contributed by atoms with Gasteiger partial charge in [-0.3, -0.25) is 9.88 Å². The van der Waals surface area contributed by atoms with Gasteiger partial charge in [0.1, 0.15) is 29.7 Å². The van der Waals surface area contributed by atoms with Crippen molar-refractivity contribution in [3.05, 3.63) is 65.4 Å². The minimum atomic E-state index is -0.832. The molecule has 0 radical (unpaired) electrons. The number of piperidine rings is 1. The fourth-order valence-corrected chi connectivity index (χ4v) is 5.11. The number of pyridine rings is 1. The average Bonchev–Trinajstić information content (AvgIpc) is 2.91. The predicted molar refractivity (Wildman–Crippen MR) is 135 cm³/mol. The lowest BCUT2D eigenvalue weighted by Crippen LogP contribution is -2.43. The van der Waals surface area contributed by atoms with Crippen LogP contribution >= 0.6 is 0 Å². The maximum atomic E-state index is 13.3. The van der Waals surface area contributed by atoms with Gasteiger partial charge in [0.15, 0.2) is 0 Å². The van der Waals surface area contributed by atoms with Gasteiger partial charge in [-0.15, -0.1) is 0 Å². The van der Waals surface area contributed by atoms with Gasteiger partial charge in [-0.1, -0.05) is 0 Å². The first-order valence-electron chi connectivity index (χ1n) is 12.5. The molecular formula is C28H34F2N2O5. The molecule has 2 heterocycles. The van der Waals surface area contributed by atoms with E-state index >= 15 is 0 Å². The lowest BCUT2D eigenvalue weighted by Gasteiger charge is -2.41. The number of aromatic nitrogens is 1. The number of hydrogen-bond acceptors (Lipinski definition) is 7. The summed E-state index contributed by atoms with van der Waals surface area (Å²) in [7, 11) is 1.57. The number of hydrogen-bond donors (Lipinski definition) is 3. The van der Waals surface area contributed by atoms with E-state index < -0.39 is 17.7 Å². The van der Waals surface area contributed by atoms with Crippen molar-refractivity contribution in [3.63, 3.8) is 0 Å². The molecule has 0 aliphatic carbocycles. The summed E-state index contributed by atoms with van der Waals surface area (Å²) in [6.45, 7) is 2.17. The number of halogens is 2. The Bertz CT molecular complexity index is 1180. The van der Waals surface area contributed by atoms with Crippen molar-refractivity contribution >= 4 is 10.9 Å². The molecule has 1 unspecified atom stereocenters. The first-order valence-corrected chi connectivity index (χ1v) is 12.5. The quantitative estimate of drug-likeness (QED) is 0.355. The molecule has 9 heteroatoms. The smallest absolute Gasteiger partial charge is 0.129 e. The molecule has 1 aliphatic rings. The summed E-state index contributed by atoms with van der Waals surface area (Å²) in [5.41, 5.74) is 1.60. The van der Waals surface area contributed by atoms with Crippen LogP contribution < -0.4 is 9.47 Å². The van der Waals surface area contributed by atoms with Gasteiger partial charge in [-0.25, -0.2) is 8.78 Å². The van der Waals surface area contributed by atoms with Gasteiger partial charge >= 0.3 is 0 Å². The number of fused-ring (bicyclic) bond motifs is 1. The van der Waals surface area contributed by atoms with E-state index in [9.17, 15) is 24.1 Å². The highest BCUT2D eigenvalue weighted by atomic mass is 19.1. The average molecular weight is 517 g/mol. The molecule has 200 valence electrons. The van der Waals surface area contributed by atoms with Gasteiger partial charge in [0.2, 0.25) is 0 Å². The molecular weight excluding hydrogens is 482 g/mol. The highest BCUT2D eigenvalue weighted by Gasteiger charge is 2.34. The molecule has 1 atom stereocenters. The molecule has 0 saturated carbocycles. The van der Waals surface area contributed by atoms with Gasteiger partial charge in [0.05, 0.1) is 25.3 Å². The number of aliphatic hydroxyl groups excluding tert-OH is 3. The van der Waals surface area contributed by atoms with Gasteiger partial charge < -0.3 is 24.8 Å². The van der Waals surface area contributed by atoms with E-state index in [0.717, 1.165) is 49.5 Å². The fraction of sp³-hybridized carbons (Fsp3) is 0.464. The van der Waals surface area contributed by atoms with Crippen LogP contribution in [0.15, 0.2) is 42.6 Å². The molecule has 0 amide bonds. The molecule has 0 spiro atoms. The van der Waals surface area contributed by atoms with Crippen LogP contribution in [-0.4, -0.2) is 65.2 Å². The van der Waals surface area contributed by atoms with Crippen molar-refractivity contribution in [2.45, 2.75) is 38.4 Å². The molecule has 3 N–H and O–H groups in total. The minimum absolute atomic E-state index is 0.0183. The van der Waals surface area contributed by atoms with E-state index in [-0.39, 0.29) is 24.4 Å². The largest absolute Gasteiger partial charge is 0.497 e. The lowest BCUT2D eigenvalue weighted by molar-refractivity contribution is 0.0203. The number of ether oxygens (including phenoxy) is 2. The number of likely N-dealkylation sites (tertiary alicyclic amines) is 1. The third-order valence-electron chi connectivity index (χ3n) is 7.42. The number of methoxy groups -OCH3 is 1. The molecule has 3 aromatic rings. The van der Waals surface area contributed by atoms with Crippen LogP contribution in [0.3, 0.4) is 0 Å². The molecule has 4 rings (SSSR count). The Balaban J connectivity index is 1.35. The summed E-state index contributed by atoms with van der Waals surface area (Å²) in [4.78, 5) is 6.59. The number of nitrogens with zero attached hydrogens (tertiary/aromatic N) is 2. The standard InChI is InChI=1S/C28H34F2N2O5/c1-36-22-2-3-25-24(15-22)27(19(17-33)16-31-25)26(35)4-5-28(18-34)6-8-32(9-7-28)10-11-37-23-13-20(29)12-21(30)14-23/h2-3,12-16,26,33-35H,4-11,17-18H2,1H3. The highest BCUT2D eigenvalue weighted by molar-refractivity contribution is 5.85. The Morgan fingerprint density at radius 3 is 2.43 bits per heavy atom. The zero-order valence-corrected chi connectivity index (χ0v) is 21.0. The Morgan fingerprint density at radius 2 is 1.78 bits per heavy atom. The highest BCUT2D eigenvalue weighted by Crippen LogP contribution is 2.39. The molecule has 1 aliphatic heterocycles. The van der Waals surface area contributed by atoms with E-state index in [0.29, 0.717) is 48.4 Å². The second-order valence-electron chi connectivity index (χ2n) is 9.75. The second-order valence-corrected chi connectivity index (χ2v) is 9.75. The van der Waals surface area contributed by atoms with Crippen LogP contribution in [0.1, 0.15) is 42.9 Å².